The Labute approximate surface area is 77.5 Å². The van der Waals surface area contributed by atoms with Gasteiger partial charge in [-0.2, -0.15) is 0 Å². The summed E-state index contributed by atoms with van der Waals surface area (Å²) in [4.78, 5) is 10.9. The molecule has 2 heteroatoms. The van der Waals surface area contributed by atoms with Crippen LogP contribution in [0, 0.1) is 12.3 Å². The molecule has 0 spiro atoms. The molecule has 0 N–H and O–H groups in total. The molecule has 0 unspecified atom stereocenters. The summed E-state index contributed by atoms with van der Waals surface area (Å²) < 4.78 is 5.01. The highest BCUT2D eigenvalue weighted by atomic mass is 16.5. The van der Waals surface area contributed by atoms with Crippen LogP contribution in [0.4, 0.5) is 0 Å². The number of ketones is 1. The van der Waals surface area contributed by atoms with Crippen molar-refractivity contribution >= 4 is 5.78 Å². The Bertz CT molecular complexity index is 347. The molecule has 0 fully saturated rings. The maximum absolute atomic E-state index is 10.9. The summed E-state index contributed by atoms with van der Waals surface area (Å²) in [6.45, 7) is 0. The predicted octanol–water partition coefficient (Wildman–Crippen LogP) is 1.44. The molecule has 0 bridgehead atoms. The minimum absolute atomic E-state index is 0.215. The van der Waals surface area contributed by atoms with Gasteiger partial charge in [0.15, 0.2) is 0 Å². The first-order valence-electron chi connectivity index (χ1n) is 3.88. The van der Waals surface area contributed by atoms with E-state index in [0.29, 0.717) is 0 Å². The first-order chi connectivity index (χ1) is 6.26. The van der Waals surface area contributed by atoms with E-state index in [1.165, 1.54) is 0 Å². The molecule has 66 valence electrons. The maximum Gasteiger partial charge on any atom is 0.209 e. The molecule has 0 amide bonds. The standard InChI is InChI=1S/C11H10O2/c1-3-10(12)7-9-5-4-6-11(8-9)13-2/h1,4-6,8H,7H2,2H3. The number of carbonyl (C=O) groups is 1. The van der Waals surface area contributed by atoms with Crippen molar-refractivity contribution in [2.24, 2.45) is 0 Å². The Morgan fingerprint density at radius 3 is 3.00 bits per heavy atom. The Balaban J connectivity index is 2.79. The van der Waals surface area contributed by atoms with Gasteiger partial charge in [0.25, 0.3) is 0 Å². The first-order valence-corrected chi connectivity index (χ1v) is 3.88. The van der Waals surface area contributed by atoms with E-state index in [4.69, 9.17) is 11.2 Å². The van der Waals surface area contributed by atoms with Gasteiger partial charge in [-0.3, -0.25) is 4.79 Å². The van der Waals surface area contributed by atoms with Crippen molar-refractivity contribution in [3.63, 3.8) is 0 Å². The van der Waals surface area contributed by atoms with Crippen LogP contribution < -0.4 is 4.74 Å². The van der Waals surface area contributed by atoms with Crippen molar-refractivity contribution in [1.82, 2.24) is 0 Å². The van der Waals surface area contributed by atoms with E-state index < -0.39 is 0 Å². The number of methoxy groups -OCH3 is 1. The second-order valence-electron chi connectivity index (χ2n) is 2.60. The molecule has 0 aliphatic heterocycles. The Hall–Kier alpha value is -1.75. The molecule has 0 heterocycles. The maximum atomic E-state index is 10.9. The number of benzene rings is 1. The summed E-state index contributed by atoms with van der Waals surface area (Å²) in [5, 5.41) is 0. The lowest BCUT2D eigenvalue weighted by molar-refractivity contribution is -0.113. The van der Waals surface area contributed by atoms with Crippen molar-refractivity contribution in [2.45, 2.75) is 6.42 Å². The summed E-state index contributed by atoms with van der Waals surface area (Å²) in [7, 11) is 1.59. The lowest BCUT2D eigenvalue weighted by Gasteiger charge is -2.01. The van der Waals surface area contributed by atoms with E-state index in [2.05, 4.69) is 5.92 Å². The Kier molecular flexibility index (Phi) is 3.10. The summed E-state index contributed by atoms with van der Waals surface area (Å²) >= 11 is 0. The van der Waals surface area contributed by atoms with Gasteiger partial charge in [-0.25, -0.2) is 0 Å². The van der Waals surface area contributed by atoms with E-state index in [1.54, 1.807) is 13.2 Å². The molecule has 0 radical (unpaired) electrons. The smallest absolute Gasteiger partial charge is 0.209 e. The van der Waals surface area contributed by atoms with Crippen LogP contribution in [0.15, 0.2) is 24.3 Å². The summed E-state index contributed by atoms with van der Waals surface area (Å²) in [5.41, 5.74) is 0.877. The van der Waals surface area contributed by atoms with Gasteiger partial charge in [0.2, 0.25) is 5.78 Å². The zero-order valence-corrected chi connectivity index (χ0v) is 7.41. The Morgan fingerprint density at radius 2 is 2.38 bits per heavy atom. The topological polar surface area (TPSA) is 26.3 Å². The van der Waals surface area contributed by atoms with Gasteiger partial charge in [0.1, 0.15) is 5.75 Å². The van der Waals surface area contributed by atoms with Crippen molar-refractivity contribution in [3.8, 4) is 18.1 Å². The molecule has 13 heavy (non-hydrogen) atoms. The second kappa shape index (κ2) is 4.32. The zero-order valence-electron chi connectivity index (χ0n) is 7.41. The van der Waals surface area contributed by atoms with Crippen LogP contribution in [0.1, 0.15) is 5.56 Å². The van der Waals surface area contributed by atoms with Crippen molar-refractivity contribution in [2.75, 3.05) is 7.11 Å². The number of carbonyl (C=O) groups excluding carboxylic acids is 1. The van der Waals surface area contributed by atoms with Gasteiger partial charge in [-0.1, -0.05) is 12.1 Å². The fraction of sp³-hybridized carbons (Fsp3) is 0.182. The molecular formula is C11H10O2. The fourth-order valence-corrected chi connectivity index (χ4v) is 1.02. The quantitative estimate of drug-likeness (QED) is 0.512. The van der Waals surface area contributed by atoms with Crippen LogP contribution in [-0.2, 0) is 11.2 Å². The number of hydrogen-bond donors (Lipinski definition) is 0. The lowest BCUT2D eigenvalue weighted by Crippen LogP contribution is -1.98. The molecule has 0 saturated heterocycles. The molecule has 0 aromatic heterocycles. The number of hydrogen-bond acceptors (Lipinski definition) is 2. The van der Waals surface area contributed by atoms with Gasteiger partial charge in [-0.05, 0) is 23.6 Å². The van der Waals surface area contributed by atoms with Gasteiger partial charge < -0.3 is 4.74 Å². The minimum Gasteiger partial charge on any atom is -0.497 e. The SMILES string of the molecule is C#CC(=O)Cc1cccc(OC)c1. The molecule has 1 rings (SSSR count). The zero-order chi connectivity index (χ0) is 9.68. The summed E-state index contributed by atoms with van der Waals surface area (Å²) in [6.07, 6.45) is 5.23. The monoisotopic (exact) mass is 174 g/mol. The number of rotatable bonds is 3. The summed E-state index contributed by atoms with van der Waals surface area (Å²) in [5.74, 6) is 2.59. The van der Waals surface area contributed by atoms with Crippen LogP contribution in [0.5, 0.6) is 5.75 Å². The number of ether oxygens (including phenoxy) is 1. The van der Waals surface area contributed by atoms with Gasteiger partial charge in [0, 0.05) is 6.42 Å². The highest BCUT2D eigenvalue weighted by Gasteiger charge is 2.00. The molecule has 1 aromatic carbocycles. The molecule has 2 nitrogen and oxygen atoms in total. The van der Waals surface area contributed by atoms with Crippen LogP contribution in [-0.4, -0.2) is 12.9 Å². The Morgan fingerprint density at radius 1 is 1.62 bits per heavy atom. The number of terminal acetylenes is 1. The van der Waals surface area contributed by atoms with Crippen molar-refractivity contribution in [3.05, 3.63) is 29.8 Å². The highest BCUT2D eigenvalue weighted by molar-refractivity contribution is 5.96. The van der Waals surface area contributed by atoms with Crippen molar-refractivity contribution < 1.29 is 9.53 Å². The lowest BCUT2D eigenvalue weighted by atomic mass is 10.1. The second-order valence-corrected chi connectivity index (χ2v) is 2.60. The molecule has 0 aliphatic carbocycles. The van der Waals surface area contributed by atoms with Crippen LogP contribution >= 0.6 is 0 Å². The van der Waals surface area contributed by atoms with Gasteiger partial charge >= 0.3 is 0 Å². The van der Waals surface area contributed by atoms with E-state index >= 15 is 0 Å². The van der Waals surface area contributed by atoms with Crippen LogP contribution in [0.25, 0.3) is 0 Å². The largest absolute Gasteiger partial charge is 0.497 e. The first kappa shape index (κ1) is 9.34. The van der Waals surface area contributed by atoms with E-state index in [0.717, 1.165) is 11.3 Å². The molecule has 1 aromatic rings. The molecule has 0 atom stereocenters. The third kappa shape index (κ3) is 2.64. The average Bonchev–Trinajstić information content (AvgIpc) is 2.18. The molecular weight excluding hydrogens is 164 g/mol. The number of Topliss-reactive ketones (excluding diaryl/α,β-unsaturated/α-hetero) is 1. The normalized spacial score (nSPS) is 8.92. The third-order valence-corrected chi connectivity index (χ3v) is 1.66. The third-order valence-electron chi connectivity index (χ3n) is 1.66. The van der Waals surface area contributed by atoms with Gasteiger partial charge in [-0.15, -0.1) is 6.42 Å². The average molecular weight is 174 g/mol. The highest BCUT2D eigenvalue weighted by Crippen LogP contribution is 2.12. The van der Waals surface area contributed by atoms with Crippen LogP contribution in [0.3, 0.4) is 0 Å². The van der Waals surface area contributed by atoms with Crippen LogP contribution in [0.2, 0.25) is 0 Å². The molecule has 0 saturated carbocycles. The van der Waals surface area contributed by atoms with E-state index in [9.17, 15) is 4.79 Å². The van der Waals surface area contributed by atoms with Gasteiger partial charge in [0.05, 0.1) is 7.11 Å². The fourth-order valence-electron chi connectivity index (χ4n) is 1.02. The van der Waals surface area contributed by atoms with Crippen molar-refractivity contribution in [1.29, 1.82) is 0 Å². The summed E-state index contributed by atoms with van der Waals surface area (Å²) in [6, 6.07) is 7.30. The molecule has 0 aliphatic rings. The minimum atomic E-state index is -0.215. The van der Waals surface area contributed by atoms with E-state index in [-0.39, 0.29) is 12.2 Å². The predicted molar refractivity (Wildman–Crippen MR) is 50.5 cm³/mol. The van der Waals surface area contributed by atoms with E-state index in [1.807, 2.05) is 18.2 Å².